The Bertz CT molecular complexity index is 915. The van der Waals surface area contributed by atoms with Crippen molar-refractivity contribution < 1.29 is 45.5 Å². The van der Waals surface area contributed by atoms with E-state index in [-0.39, 0.29) is 50.8 Å². The number of rotatable bonds is 8. The zero-order valence-corrected chi connectivity index (χ0v) is 18.5. The summed E-state index contributed by atoms with van der Waals surface area (Å²) in [5, 5.41) is 9.12. The summed E-state index contributed by atoms with van der Waals surface area (Å²) >= 11 is 0. The van der Waals surface area contributed by atoms with E-state index in [1.165, 1.54) is 21.9 Å². The molecule has 3 rings (SSSR count). The summed E-state index contributed by atoms with van der Waals surface area (Å²) in [7, 11) is -4.07. The number of hydrogen-bond donors (Lipinski definition) is 2. The molecule has 0 radical (unpaired) electrons. The normalized spacial score (nSPS) is 20.5. The fourth-order valence-corrected chi connectivity index (χ4v) is 6.31. The fourth-order valence-electron chi connectivity index (χ4n) is 4.16. The van der Waals surface area contributed by atoms with E-state index in [0.29, 0.717) is 12.8 Å². The molecular formula is C20H26F4N2O6S. The lowest BCUT2D eigenvalue weighted by molar-refractivity contribution is -0.148. The van der Waals surface area contributed by atoms with Crippen LogP contribution in [-0.4, -0.2) is 73.8 Å². The molecule has 33 heavy (non-hydrogen) atoms. The smallest absolute Gasteiger partial charge is 0.340 e. The zero-order valence-electron chi connectivity index (χ0n) is 17.7. The third kappa shape index (κ3) is 5.26. The number of carbonyl (C=O) groups excluding carboxylic acids is 1. The third-order valence-electron chi connectivity index (χ3n) is 6.21. The highest BCUT2D eigenvalue weighted by atomic mass is 32.2. The predicted octanol–water partition coefficient (Wildman–Crippen LogP) is 2.53. The zero-order chi connectivity index (χ0) is 24.3. The lowest BCUT2D eigenvalue weighted by Crippen LogP contribution is -2.60. The Kier molecular flexibility index (Phi) is 7.87. The van der Waals surface area contributed by atoms with Crippen LogP contribution in [-0.2, 0) is 19.6 Å². The second kappa shape index (κ2) is 10.1. The molecule has 2 heterocycles. The Balaban J connectivity index is 1.63. The highest BCUT2D eigenvalue weighted by Crippen LogP contribution is 2.37. The average molecular weight is 498 g/mol. The van der Waals surface area contributed by atoms with Crippen LogP contribution in [0.2, 0.25) is 0 Å². The third-order valence-corrected chi connectivity index (χ3v) is 8.83. The van der Waals surface area contributed by atoms with E-state index in [2.05, 4.69) is 0 Å². The van der Waals surface area contributed by atoms with Crippen LogP contribution in [0.4, 0.5) is 17.6 Å². The van der Waals surface area contributed by atoms with Gasteiger partial charge in [0.1, 0.15) is 5.75 Å². The SMILES string of the molecule is O=C(NO)C1(S(=O)(=O)N2CCC(c3ccc(OCC(F)(F)C(F)F)cc3)CC2)CCOCC1. The molecule has 0 spiro atoms. The van der Waals surface area contributed by atoms with Gasteiger partial charge in [-0.05, 0) is 36.5 Å². The van der Waals surface area contributed by atoms with Gasteiger partial charge in [0.2, 0.25) is 10.0 Å². The van der Waals surface area contributed by atoms with Crippen molar-refractivity contribution in [3.05, 3.63) is 29.8 Å². The quantitative estimate of drug-likeness (QED) is 0.324. The van der Waals surface area contributed by atoms with Crippen molar-refractivity contribution in [1.29, 1.82) is 0 Å². The molecular weight excluding hydrogens is 472 g/mol. The van der Waals surface area contributed by atoms with E-state index < -0.39 is 39.6 Å². The van der Waals surface area contributed by atoms with Gasteiger partial charge in [0.05, 0.1) is 0 Å². The standard InChI is InChI=1S/C20H26F4N2O6S/c21-17(22)20(23,24)13-32-16-3-1-14(2-4-16)15-5-9-26(10-6-15)33(29,30)19(18(27)25-28)7-11-31-12-8-19/h1-4,15,17,28H,5-13H2,(H,25,27). The first kappa shape index (κ1) is 25.7. The summed E-state index contributed by atoms with van der Waals surface area (Å²) in [6.07, 6.45) is -3.03. The number of benzene rings is 1. The maximum Gasteiger partial charge on any atom is 0.340 e. The van der Waals surface area contributed by atoms with Crippen LogP contribution < -0.4 is 10.2 Å². The first-order valence-corrected chi connectivity index (χ1v) is 11.9. The molecule has 13 heteroatoms. The summed E-state index contributed by atoms with van der Waals surface area (Å²) in [5.74, 6) is -5.21. The van der Waals surface area contributed by atoms with Gasteiger partial charge >= 0.3 is 12.3 Å². The molecule has 2 aliphatic rings. The molecule has 1 aromatic rings. The molecule has 0 aliphatic carbocycles. The molecule has 8 nitrogen and oxygen atoms in total. The Morgan fingerprint density at radius 1 is 1.21 bits per heavy atom. The number of alkyl halides is 4. The molecule has 0 atom stereocenters. The minimum absolute atomic E-state index is 0.0229. The number of nitrogens with one attached hydrogen (secondary N) is 1. The van der Waals surface area contributed by atoms with Crippen LogP contribution in [0, 0.1) is 0 Å². The minimum Gasteiger partial charge on any atom is -0.487 e. The molecule has 0 saturated carbocycles. The first-order valence-electron chi connectivity index (χ1n) is 10.4. The molecule has 2 N–H and O–H groups in total. The predicted molar refractivity (Wildman–Crippen MR) is 108 cm³/mol. The second-order valence-electron chi connectivity index (χ2n) is 8.15. The Labute approximate surface area is 188 Å². The second-order valence-corrected chi connectivity index (χ2v) is 10.4. The number of halogens is 4. The molecule has 1 amide bonds. The van der Waals surface area contributed by atoms with Gasteiger partial charge in [0.15, 0.2) is 11.4 Å². The van der Waals surface area contributed by atoms with E-state index in [0.717, 1.165) is 5.56 Å². The van der Waals surface area contributed by atoms with E-state index >= 15 is 0 Å². The fraction of sp³-hybridized carbons (Fsp3) is 0.650. The van der Waals surface area contributed by atoms with Gasteiger partial charge < -0.3 is 9.47 Å². The number of carbonyl (C=O) groups is 1. The van der Waals surface area contributed by atoms with E-state index in [4.69, 9.17) is 14.7 Å². The highest BCUT2D eigenvalue weighted by molar-refractivity contribution is 7.91. The topological polar surface area (TPSA) is 105 Å². The van der Waals surface area contributed by atoms with Crippen LogP contribution in [0.5, 0.6) is 5.75 Å². The van der Waals surface area contributed by atoms with Gasteiger partial charge in [-0.3, -0.25) is 10.0 Å². The van der Waals surface area contributed by atoms with E-state index in [9.17, 15) is 30.8 Å². The molecule has 0 unspecified atom stereocenters. The van der Waals surface area contributed by atoms with Crippen LogP contribution in [0.15, 0.2) is 24.3 Å². The summed E-state index contributed by atoms with van der Waals surface area (Å²) in [5.41, 5.74) is 2.31. The number of piperidine rings is 1. The van der Waals surface area contributed by atoms with Crippen LogP contribution >= 0.6 is 0 Å². The average Bonchev–Trinajstić information content (AvgIpc) is 2.83. The minimum atomic E-state index is -4.24. The summed E-state index contributed by atoms with van der Waals surface area (Å²) in [4.78, 5) is 12.3. The molecule has 2 fully saturated rings. The van der Waals surface area contributed by atoms with Gasteiger partial charge in [0, 0.05) is 39.1 Å². The number of ether oxygens (including phenoxy) is 2. The Morgan fingerprint density at radius 3 is 2.30 bits per heavy atom. The monoisotopic (exact) mass is 498 g/mol. The summed E-state index contributed by atoms with van der Waals surface area (Å²) in [6.45, 7) is -0.948. The number of hydroxylamine groups is 1. The van der Waals surface area contributed by atoms with Crippen molar-refractivity contribution in [3.63, 3.8) is 0 Å². The number of hydrogen-bond acceptors (Lipinski definition) is 6. The van der Waals surface area contributed by atoms with Gasteiger partial charge in [-0.15, -0.1) is 0 Å². The lowest BCUT2D eigenvalue weighted by atomic mass is 9.90. The molecule has 186 valence electrons. The summed E-state index contributed by atoms with van der Waals surface area (Å²) in [6, 6.07) is 6.07. The highest BCUT2D eigenvalue weighted by Gasteiger charge is 2.54. The van der Waals surface area contributed by atoms with Crippen molar-refractivity contribution in [2.24, 2.45) is 0 Å². The Hall–Kier alpha value is -1.96. The number of sulfonamides is 1. The van der Waals surface area contributed by atoms with E-state index in [1.54, 1.807) is 12.1 Å². The van der Waals surface area contributed by atoms with Crippen molar-refractivity contribution in [3.8, 4) is 5.75 Å². The number of amides is 1. The largest absolute Gasteiger partial charge is 0.487 e. The van der Waals surface area contributed by atoms with Crippen molar-refractivity contribution in [2.45, 2.75) is 48.7 Å². The van der Waals surface area contributed by atoms with Crippen molar-refractivity contribution >= 4 is 15.9 Å². The van der Waals surface area contributed by atoms with Crippen LogP contribution in [0.25, 0.3) is 0 Å². The van der Waals surface area contributed by atoms with E-state index in [1.807, 2.05) is 0 Å². The van der Waals surface area contributed by atoms with Gasteiger partial charge in [-0.25, -0.2) is 27.0 Å². The number of nitrogens with zero attached hydrogens (tertiary/aromatic N) is 1. The molecule has 2 aliphatic heterocycles. The molecule has 0 aromatic heterocycles. The first-order chi connectivity index (χ1) is 15.5. The van der Waals surface area contributed by atoms with Gasteiger partial charge in [0.25, 0.3) is 5.91 Å². The maximum atomic E-state index is 13.3. The lowest BCUT2D eigenvalue weighted by Gasteiger charge is -2.40. The molecule has 1 aromatic carbocycles. The summed E-state index contributed by atoms with van der Waals surface area (Å²) < 4.78 is 86.5. The Morgan fingerprint density at radius 2 is 1.79 bits per heavy atom. The molecule has 2 saturated heterocycles. The van der Waals surface area contributed by atoms with Crippen LogP contribution in [0.3, 0.4) is 0 Å². The van der Waals surface area contributed by atoms with Gasteiger partial charge in [-0.2, -0.15) is 8.78 Å². The van der Waals surface area contributed by atoms with Crippen molar-refractivity contribution in [1.82, 2.24) is 9.79 Å². The van der Waals surface area contributed by atoms with Crippen molar-refractivity contribution in [2.75, 3.05) is 32.9 Å². The maximum absolute atomic E-state index is 13.3. The molecule has 0 bridgehead atoms. The van der Waals surface area contributed by atoms with Gasteiger partial charge in [-0.1, -0.05) is 12.1 Å². The van der Waals surface area contributed by atoms with Crippen LogP contribution in [0.1, 0.15) is 37.2 Å².